The Morgan fingerprint density at radius 1 is 1.20 bits per heavy atom. The van der Waals surface area contributed by atoms with Crippen LogP contribution >= 0.6 is 0 Å². The molecule has 0 saturated carbocycles. The van der Waals surface area contributed by atoms with E-state index >= 15 is 0 Å². The molecular weight excluding hydrogens is 254 g/mol. The van der Waals surface area contributed by atoms with E-state index in [0.29, 0.717) is 6.54 Å². The largest absolute Gasteiger partial charge is 0.487 e. The molecule has 4 nitrogen and oxygen atoms in total. The molecule has 0 spiro atoms. The second kappa shape index (κ2) is 5.25. The molecule has 1 atom stereocenters. The van der Waals surface area contributed by atoms with Crippen LogP contribution in [0.2, 0.25) is 0 Å². The summed E-state index contributed by atoms with van der Waals surface area (Å²) in [7, 11) is 0. The number of hydrogen-bond donors (Lipinski definition) is 2. The maximum absolute atomic E-state index is 10.6. The first kappa shape index (κ1) is 12.5. The lowest BCUT2D eigenvalue weighted by Crippen LogP contribution is -2.33. The Morgan fingerprint density at radius 3 is 2.75 bits per heavy atom. The van der Waals surface area contributed by atoms with Gasteiger partial charge >= 0.3 is 6.09 Å². The summed E-state index contributed by atoms with van der Waals surface area (Å²) in [5.41, 5.74) is 3.29. The molecule has 3 rings (SSSR count). The van der Waals surface area contributed by atoms with Gasteiger partial charge in [0.2, 0.25) is 0 Å². The minimum absolute atomic E-state index is 0.133. The molecule has 4 heteroatoms. The fourth-order valence-electron chi connectivity index (χ4n) is 2.50. The molecule has 0 bridgehead atoms. The predicted molar refractivity (Wildman–Crippen MR) is 76.0 cm³/mol. The minimum atomic E-state index is -1.02. The lowest BCUT2D eigenvalue weighted by atomic mass is 10.0. The standard InChI is InChI=1S/C16H15NO3/c18-16(19)17-10-13-9-12-7-4-8-14(15(12)20-13)11-5-2-1-3-6-11/h1-8,13,17H,9-10H2,(H,18,19). The predicted octanol–water partition coefficient (Wildman–Crippen LogP) is 2.92. The van der Waals surface area contributed by atoms with Crippen LogP contribution in [0.15, 0.2) is 48.5 Å². The van der Waals surface area contributed by atoms with Crippen molar-refractivity contribution in [3.05, 3.63) is 54.1 Å². The van der Waals surface area contributed by atoms with Crippen molar-refractivity contribution in [3.8, 4) is 16.9 Å². The van der Waals surface area contributed by atoms with Crippen molar-refractivity contribution >= 4 is 6.09 Å². The highest BCUT2D eigenvalue weighted by Crippen LogP contribution is 2.38. The van der Waals surface area contributed by atoms with Gasteiger partial charge in [0.05, 0.1) is 6.54 Å². The number of rotatable bonds is 3. The average Bonchev–Trinajstić information content (AvgIpc) is 2.89. The molecule has 2 N–H and O–H groups in total. The third-order valence-electron chi connectivity index (χ3n) is 3.39. The van der Waals surface area contributed by atoms with Crippen molar-refractivity contribution in [2.75, 3.05) is 6.54 Å². The van der Waals surface area contributed by atoms with Crippen LogP contribution in [0.4, 0.5) is 4.79 Å². The zero-order chi connectivity index (χ0) is 13.9. The molecule has 1 unspecified atom stereocenters. The van der Waals surface area contributed by atoms with Crippen molar-refractivity contribution in [2.24, 2.45) is 0 Å². The Labute approximate surface area is 117 Å². The van der Waals surface area contributed by atoms with E-state index in [0.717, 1.165) is 28.9 Å². The number of para-hydroxylation sites is 1. The summed E-state index contributed by atoms with van der Waals surface area (Å²) in [4.78, 5) is 10.6. The second-order valence-electron chi connectivity index (χ2n) is 4.79. The normalized spacial score (nSPS) is 16.3. The highest BCUT2D eigenvalue weighted by molar-refractivity contribution is 5.73. The Balaban J connectivity index is 1.85. The zero-order valence-corrected chi connectivity index (χ0v) is 10.9. The van der Waals surface area contributed by atoms with Crippen LogP contribution in [-0.4, -0.2) is 23.8 Å². The first-order valence-corrected chi connectivity index (χ1v) is 6.55. The fourth-order valence-corrected chi connectivity index (χ4v) is 2.50. The maximum atomic E-state index is 10.6. The summed E-state index contributed by atoms with van der Waals surface area (Å²) in [5.74, 6) is 0.871. The van der Waals surface area contributed by atoms with Gasteiger partial charge in [-0.15, -0.1) is 0 Å². The molecule has 0 aromatic heterocycles. The average molecular weight is 269 g/mol. The summed E-state index contributed by atoms with van der Waals surface area (Å²) >= 11 is 0. The smallest absolute Gasteiger partial charge is 0.404 e. The number of benzene rings is 2. The molecule has 1 aliphatic heterocycles. The highest BCUT2D eigenvalue weighted by atomic mass is 16.5. The number of ether oxygens (including phenoxy) is 1. The number of fused-ring (bicyclic) bond motifs is 1. The molecule has 2 aromatic rings. The Kier molecular flexibility index (Phi) is 3.29. The topological polar surface area (TPSA) is 58.6 Å². The molecule has 0 saturated heterocycles. The Morgan fingerprint density at radius 2 is 2.00 bits per heavy atom. The van der Waals surface area contributed by atoms with Gasteiger partial charge in [-0.2, -0.15) is 0 Å². The molecule has 0 fully saturated rings. The van der Waals surface area contributed by atoms with E-state index in [4.69, 9.17) is 9.84 Å². The Bertz CT molecular complexity index is 625. The van der Waals surface area contributed by atoms with Gasteiger partial charge in [0.25, 0.3) is 0 Å². The van der Waals surface area contributed by atoms with Crippen molar-refractivity contribution in [1.82, 2.24) is 5.32 Å². The summed E-state index contributed by atoms with van der Waals surface area (Å²) in [6.45, 7) is 0.304. The molecule has 2 aromatic carbocycles. The van der Waals surface area contributed by atoms with E-state index in [2.05, 4.69) is 5.32 Å². The summed E-state index contributed by atoms with van der Waals surface area (Å²) in [5, 5.41) is 11.0. The fraction of sp³-hybridized carbons (Fsp3) is 0.188. The zero-order valence-electron chi connectivity index (χ0n) is 10.9. The van der Waals surface area contributed by atoms with Crippen LogP contribution < -0.4 is 10.1 Å². The van der Waals surface area contributed by atoms with Gasteiger partial charge in [0.15, 0.2) is 0 Å². The summed E-state index contributed by atoms with van der Waals surface area (Å²) in [6, 6.07) is 16.1. The molecular formula is C16H15NO3. The van der Waals surface area contributed by atoms with Crippen LogP contribution in [0.5, 0.6) is 5.75 Å². The van der Waals surface area contributed by atoms with Gasteiger partial charge in [-0.1, -0.05) is 48.5 Å². The van der Waals surface area contributed by atoms with Gasteiger partial charge in [-0.25, -0.2) is 4.79 Å². The van der Waals surface area contributed by atoms with Gasteiger partial charge < -0.3 is 15.2 Å². The molecule has 102 valence electrons. The summed E-state index contributed by atoms with van der Waals surface area (Å²) in [6.07, 6.45) is -0.421. The summed E-state index contributed by atoms with van der Waals surface area (Å²) < 4.78 is 5.92. The van der Waals surface area contributed by atoms with E-state index in [1.54, 1.807) is 0 Å². The molecule has 1 heterocycles. The number of hydrogen-bond acceptors (Lipinski definition) is 2. The maximum Gasteiger partial charge on any atom is 0.404 e. The number of carbonyl (C=O) groups is 1. The van der Waals surface area contributed by atoms with Crippen LogP contribution in [0.3, 0.4) is 0 Å². The molecule has 1 amide bonds. The molecule has 0 radical (unpaired) electrons. The second-order valence-corrected chi connectivity index (χ2v) is 4.79. The number of nitrogens with one attached hydrogen (secondary N) is 1. The van der Waals surface area contributed by atoms with Crippen molar-refractivity contribution < 1.29 is 14.6 Å². The van der Waals surface area contributed by atoms with Crippen LogP contribution in [0, 0.1) is 0 Å². The number of carboxylic acid groups (broad SMARTS) is 1. The van der Waals surface area contributed by atoms with Crippen molar-refractivity contribution in [1.29, 1.82) is 0 Å². The van der Waals surface area contributed by atoms with Crippen LogP contribution in [0.1, 0.15) is 5.56 Å². The van der Waals surface area contributed by atoms with Crippen molar-refractivity contribution in [3.63, 3.8) is 0 Å². The number of amides is 1. The quantitative estimate of drug-likeness (QED) is 0.900. The molecule has 0 aliphatic carbocycles. The van der Waals surface area contributed by atoms with Gasteiger partial charge in [0.1, 0.15) is 11.9 Å². The third kappa shape index (κ3) is 2.45. The molecule has 20 heavy (non-hydrogen) atoms. The van der Waals surface area contributed by atoms with E-state index < -0.39 is 6.09 Å². The van der Waals surface area contributed by atoms with Crippen molar-refractivity contribution in [2.45, 2.75) is 12.5 Å². The lowest BCUT2D eigenvalue weighted by Gasteiger charge is -2.12. The minimum Gasteiger partial charge on any atom is -0.487 e. The van der Waals surface area contributed by atoms with E-state index in [9.17, 15) is 4.79 Å². The SMILES string of the molecule is O=C(O)NCC1Cc2cccc(-c3ccccc3)c2O1. The van der Waals surface area contributed by atoms with Gasteiger partial charge in [-0.3, -0.25) is 0 Å². The van der Waals surface area contributed by atoms with Crippen LogP contribution in [0.25, 0.3) is 11.1 Å². The first-order chi connectivity index (χ1) is 9.74. The molecule has 1 aliphatic rings. The third-order valence-corrected chi connectivity index (χ3v) is 3.39. The lowest BCUT2D eigenvalue weighted by molar-refractivity contribution is 0.181. The highest BCUT2D eigenvalue weighted by Gasteiger charge is 2.25. The first-order valence-electron chi connectivity index (χ1n) is 6.55. The van der Waals surface area contributed by atoms with E-state index in [-0.39, 0.29) is 6.10 Å². The van der Waals surface area contributed by atoms with Crippen LogP contribution in [-0.2, 0) is 6.42 Å². The van der Waals surface area contributed by atoms with E-state index in [1.165, 1.54) is 0 Å². The van der Waals surface area contributed by atoms with Gasteiger partial charge in [0, 0.05) is 12.0 Å². The van der Waals surface area contributed by atoms with Gasteiger partial charge in [-0.05, 0) is 11.1 Å². The van der Waals surface area contributed by atoms with E-state index in [1.807, 2.05) is 48.5 Å². The monoisotopic (exact) mass is 269 g/mol. The Hall–Kier alpha value is -2.49.